The smallest absolute Gasteiger partial charge is 0.221 e. The molecule has 0 radical (unpaired) electrons. The topological polar surface area (TPSA) is 66.5 Å². The summed E-state index contributed by atoms with van der Waals surface area (Å²) in [6, 6.07) is 13.0. The Bertz CT molecular complexity index is 912. The zero-order chi connectivity index (χ0) is 20.1. The molecule has 0 aliphatic carbocycles. The molecular weight excluding hydrogens is 379 g/mol. The second-order valence-electron chi connectivity index (χ2n) is 7.26. The fraction of sp³-hybridized carbons (Fsp3) is 0.381. The van der Waals surface area contributed by atoms with Crippen molar-refractivity contribution in [3.05, 3.63) is 59.9 Å². The third-order valence-corrected chi connectivity index (χ3v) is 6.78. The number of nitrogens with one attached hydrogen (secondary N) is 1. The van der Waals surface area contributed by atoms with Gasteiger partial charge in [-0.05, 0) is 55.7 Å². The van der Waals surface area contributed by atoms with Crippen LogP contribution in [0.5, 0.6) is 0 Å². The first-order chi connectivity index (χ1) is 13.3. The highest BCUT2D eigenvalue weighted by Gasteiger charge is 2.23. The molecule has 0 spiro atoms. The Morgan fingerprint density at radius 1 is 1.14 bits per heavy atom. The lowest BCUT2D eigenvalue weighted by Gasteiger charge is -2.18. The standard InChI is InChI=1S/C21H25FN2O3S/c1-16-2-8-20(9-3-16)28(26,27)13-11-21(25)23-14-17-10-12-24(15-17)19-6-4-18(22)5-7-19/h2-9,17H,10-15H2,1H3,(H,23,25). The highest BCUT2D eigenvalue weighted by Crippen LogP contribution is 2.23. The summed E-state index contributed by atoms with van der Waals surface area (Å²) in [6.07, 6.45) is 0.879. The van der Waals surface area contributed by atoms with Gasteiger partial charge in [0, 0.05) is 31.7 Å². The van der Waals surface area contributed by atoms with Gasteiger partial charge >= 0.3 is 0 Å². The minimum atomic E-state index is -3.46. The van der Waals surface area contributed by atoms with Crippen molar-refractivity contribution in [3.8, 4) is 0 Å². The molecule has 1 unspecified atom stereocenters. The number of hydrogen-bond donors (Lipinski definition) is 1. The summed E-state index contributed by atoms with van der Waals surface area (Å²) in [5.74, 6) is -0.417. The highest BCUT2D eigenvalue weighted by atomic mass is 32.2. The Morgan fingerprint density at radius 3 is 2.50 bits per heavy atom. The van der Waals surface area contributed by atoms with E-state index in [1.165, 1.54) is 12.1 Å². The molecule has 5 nitrogen and oxygen atoms in total. The summed E-state index contributed by atoms with van der Waals surface area (Å²) in [5, 5.41) is 2.85. The SMILES string of the molecule is Cc1ccc(S(=O)(=O)CCC(=O)NCC2CCN(c3ccc(F)cc3)C2)cc1. The zero-order valence-electron chi connectivity index (χ0n) is 15.9. The van der Waals surface area contributed by atoms with Crippen LogP contribution in [0.2, 0.25) is 0 Å². The summed E-state index contributed by atoms with van der Waals surface area (Å²) in [7, 11) is -3.46. The molecule has 0 saturated carbocycles. The van der Waals surface area contributed by atoms with E-state index in [1.807, 2.05) is 6.92 Å². The van der Waals surface area contributed by atoms with Gasteiger partial charge < -0.3 is 10.2 Å². The first-order valence-electron chi connectivity index (χ1n) is 9.40. The molecule has 1 atom stereocenters. The number of amides is 1. The van der Waals surface area contributed by atoms with Crippen LogP contribution in [0.15, 0.2) is 53.4 Å². The largest absolute Gasteiger partial charge is 0.371 e. The zero-order valence-corrected chi connectivity index (χ0v) is 16.7. The molecule has 3 rings (SSSR count). The summed E-state index contributed by atoms with van der Waals surface area (Å²) >= 11 is 0. The van der Waals surface area contributed by atoms with Crippen LogP contribution in [0.3, 0.4) is 0 Å². The number of benzene rings is 2. The number of hydrogen-bond acceptors (Lipinski definition) is 4. The van der Waals surface area contributed by atoms with Gasteiger partial charge in [0.1, 0.15) is 5.82 Å². The number of halogens is 1. The Hall–Kier alpha value is -2.41. The third-order valence-electron chi connectivity index (χ3n) is 5.04. The van der Waals surface area contributed by atoms with Crippen LogP contribution in [0.25, 0.3) is 0 Å². The Labute approximate surface area is 165 Å². The molecule has 1 aliphatic heterocycles. The van der Waals surface area contributed by atoms with Crippen LogP contribution in [0, 0.1) is 18.7 Å². The monoisotopic (exact) mass is 404 g/mol. The average molecular weight is 405 g/mol. The minimum absolute atomic E-state index is 0.0510. The van der Waals surface area contributed by atoms with Gasteiger partial charge in [0.15, 0.2) is 9.84 Å². The predicted molar refractivity (Wildman–Crippen MR) is 108 cm³/mol. The second-order valence-corrected chi connectivity index (χ2v) is 9.37. The van der Waals surface area contributed by atoms with Crippen LogP contribution < -0.4 is 10.2 Å². The molecule has 1 N–H and O–H groups in total. The van der Waals surface area contributed by atoms with E-state index in [4.69, 9.17) is 0 Å². The Kier molecular flexibility index (Phi) is 6.34. The van der Waals surface area contributed by atoms with Crippen molar-refractivity contribution in [2.45, 2.75) is 24.7 Å². The normalized spacial score (nSPS) is 16.9. The molecule has 1 saturated heterocycles. The van der Waals surface area contributed by atoms with E-state index >= 15 is 0 Å². The van der Waals surface area contributed by atoms with Crippen LogP contribution in [-0.2, 0) is 14.6 Å². The lowest BCUT2D eigenvalue weighted by atomic mass is 10.1. The fourth-order valence-electron chi connectivity index (χ4n) is 3.32. The summed E-state index contributed by atoms with van der Waals surface area (Å²) in [5.41, 5.74) is 1.96. The van der Waals surface area contributed by atoms with Crippen LogP contribution in [0.1, 0.15) is 18.4 Å². The van der Waals surface area contributed by atoms with Crippen molar-refractivity contribution in [1.29, 1.82) is 0 Å². The minimum Gasteiger partial charge on any atom is -0.371 e. The van der Waals surface area contributed by atoms with Gasteiger partial charge in [-0.1, -0.05) is 17.7 Å². The van der Waals surface area contributed by atoms with E-state index in [9.17, 15) is 17.6 Å². The maximum atomic E-state index is 13.0. The maximum Gasteiger partial charge on any atom is 0.221 e. The second kappa shape index (κ2) is 8.73. The first-order valence-corrected chi connectivity index (χ1v) is 11.1. The predicted octanol–water partition coefficient (Wildman–Crippen LogP) is 2.94. The molecule has 150 valence electrons. The van der Waals surface area contributed by atoms with Crippen molar-refractivity contribution in [1.82, 2.24) is 5.32 Å². The van der Waals surface area contributed by atoms with Gasteiger partial charge in [-0.15, -0.1) is 0 Å². The fourth-order valence-corrected chi connectivity index (χ4v) is 4.56. The number of anilines is 1. The van der Waals surface area contributed by atoms with Crippen molar-refractivity contribution in [2.75, 3.05) is 30.3 Å². The average Bonchev–Trinajstić information content (AvgIpc) is 3.15. The van der Waals surface area contributed by atoms with Crippen LogP contribution >= 0.6 is 0 Å². The van der Waals surface area contributed by atoms with E-state index in [2.05, 4.69) is 10.2 Å². The Balaban J connectivity index is 1.43. The molecule has 1 fully saturated rings. The lowest BCUT2D eigenvalue weighted by molar-refractivity contribution is -0.120. The molecule has 1 aliphatic rings. The van der Waals surface area contributed by atoms with Crippen LogP contribution in [0.4, 0.5) is 10.1 Å². The quantitative estimate of drug-likeness (QED) is 0.771. The number of nitrogens with zero attached hydrogens (tertiary/aromatic N) is 1. The molecule has 2 aromatic carbocycles. The van der Waals surface area contributed by atoms with Crippen LogP contribution in [-0.4, -0.2) is 39.7 Å². The molecule has 2 aromatic rings. The van der Waals surface area contributed by atoms with Gasteiger partial charge in [0.2, 0.25) is 5.91 Å². The van der Waals surface area contributed by atoms with E-state index in [1.54, 1.807) is 36.4 Å². The molecule has 28 heavy (non-hydrogen) atoms. The van der Waals surface area contributed by atoms with E-state index < -0.39 is 9.84 Å². The number of sulfone groups is 1. The molecule has 1 amide bonds. The van der Waals surface area contributed by atoms with Gasteiger partial charge in [-0.25, -0.2) is 12.8 Å². The summed E-state index contributed by atoms with van der Waals surface area (Å²) in [4.78, 5) is 14.5. The summed E-state index contributed by atoms with van der Waals surface area (Å²) < 4.78 is 37.7. The maximum absolute atomic E-state index is 13.0. The molecular formula is C21H25FN2O3S. The van der Waals surface area contributed by atoms with Gasteiger partial charge in [0.05, 0.1) is 10.6 Å². The highest BCUT2D eigenvalue weighted by molar-refractivity contribution is 7.91. The number of rotatable bonds is 7. The number of carbonyl (C=O) groups is 1. The Morgan fingerprint density at radius 2 is 1.82 bits per heavy atom. The van der Waals surface area contributed by atoms with Gasteiger partial charge in [-0.3, -0.25) is 4.79 Å². The molecule has 0 aromatic heterocycles. The summed E-state index contributed by atoms with van der Waals surface area (Å²) in [6.45, 7) is 4.05. The van der Waals surface area contributed by atoms with Crippen molar-refractivity contribution in [2.24, 2.45) is 5.92 Å². The van der Waals surface area contributed by atoms with E-state index in [0.29, 0.717) is 12.5 Å². The molecule has 0 bridgehead atoms. The van der Waals surface area contributed by atoms with Crippen molar-refractivity contribution in [3.63, 3.8) is 0 Å². The van der Waals surface area contributed by atoms with Crippen molar-refractivity contribution >= 4 is 21.4 Å². The van der Waals surface area contributed by atoms with E-state index in [-0.39, 0.29) is 28.8 Å². The van der Waals surface area contributed by atoms with E-state index in [0.717, 1.165) is 30.8 Å². The van der Waals surface area contributed by atoms with Crippen molar-refractivity contribution < 1.29 is 17.6 Å². The molecule has 7 heteroatoms. The number of carbonyl (C=O) groups excluding carboxylic acids is 1. The third kappa shape index (κ3) is 5.32. The molecule has 1 heterocycles. The first kappa shape index (κ1) is 20.3. The number of aryl methyl sites for hydroxylation is 1. The van der Waals surface area contributed by atoms with Gasteiger partial charge in [-0.2, -0.15) is 0 Å². The van der Waals surface area contributed by atoms with Gasteiger partial charge in [0.25, 0.3) is 0 Å². The lowest BCUT2D eigenvalue weighted by Crippen LogP contribution is -2.32.